The molecule has 0 radical (unpaired) electrons. The van der Waals surface area contributed by atoms with Gasteiger partial charge in [-0.2, -0.15) is 13.2 Å². The Labute approximate surface area is 194 Å². The van der Waals surface area contributed by atoms with Gasteiger partial charge in [0, 0.05) is 23.5 Å². The number of sulfonamides is 1. The number of carbonyl (C=O) groups is 2. The molecule has 0 unspecified atom stereocenters. The Balaban J connectivity index is 2.39. The van der Waals surface area contributed by atoms with Gasteiger partial charge in [0.15, 0.2) is 0 Å². The lowest BCUT2D eigenvalue weighted by molar-refractivity contribution is -0.207. The Bertz CT molecular complexity index is 1140. The van der Waals surface area contributed by atoms with Crippen LogP contribution in [-0.2, 0) is 24.3 Å². The summed E-state index contributed by atoms with van der Waals surface area (Å²) < 4.78 is 74.1. The predicted octanol–water partition coefficient (Wildman–Crippen LogP) is 2.65. The van der Waals surface area contributed by atoms with Crippen LogP contribution in [0.4, 0.5) is 24.8 Å². The van der Waals surface area contributed by atoms with Gasteiger partial charge in [-0.05, 0) is 51.1 Å². The van der Waals surface area contributed by atoms with Gasteiger partial charge in [0.2, 0.25) is 11.9 Å². The van der Waals surface area contributed by atoms with Gasteiger partial charge in [0.1, 0.15) is 0 Å². The van der Waals surface area contributed by atoms with E-state index in [1.165, 1.54) is 13.8 Å². The number of hydrogen-bond acceptors (Lipinski definition) is 8. The highest BCUT2D eigenvalue weighted by molar-refractivity contribution is 7.92. The summed E-state index contributed by atoms with van der Waals surface area (Å²) in [6, 6.07) is 5.69. The summed E-state index contributed by atoms with van der Waals surface area (Å²) in [4.78, 5) is 31.8. The summed E-state index contributed by atoms with van der Waals surface area (Å²) in [5, 5.41) is 3.60. The van der Waals surface area contributed by atoms with Crippen molar-refractivity contribution in [3.8, 4) is 0 Å². The first-order valence-electron chi connectivity index (χ1n) is 10.0. The lowest BCUT2D eigenvalue weighted by atomic mass is 10.1. The number of ether oxygens (including phenoxy) is 1. The van der Waals surface area contributed by atoms with Crippen molar-refractivity contribution >= 4 is 33.5 Å². The molecule has 0 aliphatic heterocycles. The number of nitrogens with zero attached hydrogens (tertiary/aromatic N) is 2. The zero-order valence-electron chi connectivity index (χ0n) is 18.8. The topological polar surface area (TPSA) is 139 Å². The largest absolute Gasteiger partial charge is 0.463 e. The minimum atomic E-state index is -5.29. The van der Waals surface area contributed by atoms with Gasteiger partial charge in [-0.3, -0.25) is 4.79 Å². The molecule has 3 N–H and O–H groups in total. The van der Waals surface area contributed by atoms with E-state index in [-0.39, 0.29) is 29.6 Å². The van der Waals surface area contributed by atoms with Gasteiger partial charge in [0.05, 0.1) is 11.5 Å². The molecule has 1 aromatic carbocycles. The van der Waals surface area contributed by atoms with Crippen LogP contribution in [0.5, 0.6) is 0 Å². The number of hydrogen-bond donors (Lipinski definition) is 3. The quantitative estimate of drug-likeness (QED) is 0.351. The van der Waals surface area contributed by atoms with Crippen molar-refractivity contribution in [2.75, 3.05) is 16.6 Å². The number of nitrogens with one attached hydrogen (secondary N) is 3. The monoisotopic (exact) mass is 503 g/mol. The number of carbonyl (C=O) groups excluding carboxylic acids is 2. The Morgan fingerprint density at radius 1 is 1.03 bits per heavy atom. The first kappa shape index (κ1) is 26.8. The van der Waals surface area contributed by atoms with Crippen molar-refractivity contribution in [3.05, 3.63) is 41.7 Å². The summed E-state index contributed by atoms with van der Waals surface area (Å²) in [6.45, 7) is 5.56. The molecular weight excluding hydrogens is 479 g/mol. The van der Waals surface area contributed by atoms with Crippen molar-refractivity contribution in [1.29, 1.82) is 0 Å². The maximum atomic E-state index is 14.0. The fraction of sp³-hybridized carbons (Fsp3) is 0.400. The Morgan fingerprint density at radius 2 is 1.59 bits per heavy atom. The third-order valence-corrected chi connectivity index (χ3v) is 5.70. The molecule has 186 valence electrons. The lowest BCUT2D eigenvalue weighted by Crippen LogP contribution is -2.69. The fourth-order valence-corrected chi connectivity index (χ4v) is 3.76. The van der Waals surface area contributed by atoms with Crippen molar-refractivity contribution in [3.63, 3.8) is 0 Å². The van der Waals surface area contributed by atoms with E-state index in [1.54, 1.807) is 25.2 Å². The van der Waals surface area contributed by atoms with Crippen LogP contribution in [-0.4, -0.2) is 48.7 Å². The second kappa shape index (κ2) is 10.2. The number of aryl methyl sites for hydroxylation is 2. The van der Waals surface area contributed by atoms with Crippen LogP contribution in [0.15, 0.2) is 35.2 Å². The van der Waals surface area contributed by atoms with E-state index >= 15 is 0 Å². The molecule has 0 bridgehead atoms. The van der Waals surface area contributed by atoms with Crippen LogP contribution in [0, 0.1) is 13.8 Å². The van der Waals surface area contributed by atoms with Crippen LogP contribution >= 0.6 is 0 Å². The minimum absolute atomic E-state index is 0.166. The number of amides is 1. The van der Waals surface area contributed by atoms with Gasteiger partial charge in [-0.15, -0.1) is 0 Å². The van der Waals surface area contributed by atoms with Crippen molar-refractivity contribution < 1.29 is 35.9 Å². The van der Waals surface area contributed by atoms with Gasteiger partial charge in [-0.1, -0.05) is 6.92 Å². The molecule has 1 atom stereocenters. The summed E-state index contributed by atoms with van der Waals surface area (Å²) in [7, 11) is -4.17. The number of benzene rings is 1. The fourth-order valence-electron chi connectivity index (χ4n) is 2.81. The summed E-state index contributed by atoms with van der Waals surface area (Å²) in [5.74, 6) is -3.00. The second-order valence-corrected chi connectivity index (χ2v) is 8.78. The average molecular weight is 504 g/mol. The maximum Gasteiger partial charge on any atom is 0.441 e. The number of rotatable bonds is 9. The molecular formula is C20H24F3N5O5S. The molecule has 0 aliphatic rings. The second-order valence-electron chi connectivity index (χ2n) is 7.10. The van der Waals surface area contributed by atoms with Crippen LogP contribution in [0.2, 0.25) is 0 Å². The highest BCUT2D eigenvalue weighted by Crippen LogP contribution is 2.33. The first-order valence-corrected chi connectivity index (χ1v) is 11.5. The van der Waals surface area contributed by atoms with Crippen molar-refractivity contribution in [2.24, 2.45) is 0 Å². The van der Waals surface area contributed by atoms with Gasteiger partial charge >= 0.3 is 17.8 Å². The summed E-state index contributed by atoms with van der Waals surface area (Å²) in [6.07, 6.45) is -5.63. The third-order valence-electron chi connectivity index (χ3n) is 4.36. The minimum Gasteiger partial charge on any atom is -0.463 e. The molecule has 0 saturated carbocycles. The van der Waals surface area contributed by atoms with E-state index in [0.29, 0.717) is 11.4 Å². The predicted molar refractivity (Wildman–Crippen MR) is 116 cm³/mol. The Morgan fingerprint density at radius 3 is 2.06 bits per heavy atom. The Hall–Kier alpha value is -3.42. The molecule has 14 heteroatoms. The van der Waals surface area contributed by atoms with Crippen LogP contribution in [0.25, 0.3) is 0 Å². The zero-order valence-corrected chi connectivity index (χ0v) is 19.6. The van der Waals surface area contributed by atoms with Crippen molar-refractivity contribution in [1.82, 2.24) is 15.3 Å². The normalized spacial score (nSPS) is 13.5. The van der Waals surface area contributed by atoms with E-state index < -0.39 is 33.7 Å². The van der Waals surface area contributed by atoms with Crippen LogP contribution < -0.4 is 15.4 Å². The molecule has 34 heavy (non-hydrogen) atoms. The summed E-state index contributed by atoms with van der Waals surface area (Å²) >= 11 is 0. The Kier molecular flexibility index (Phi) is 8.08. The smallest absolute Gasteiger partial charge is 0.441 e. The third kappa shape index (κ3) is 6.12. The molecule has 0 aliphatic carbocycles. The molecule has 0 saturated heterocycles. The maximum absolute atomic E-state index is 14.0. The van der Waals surface area contributed by atoms with Crippen LogP contribution in [0.1, 0.15) is 31.7 Å². The number of esters is 1. The van der Waals surface area contributed by atoms with E-state index in [0.717, 1.165) is 24.3 Å². The highest BCUT2D eigenvalue weighted by atomic mass is 32.2. The SMILES string of the molecule is CCOC(=O)[C@](NC(=O)CC)(Nc1ccc(S(=O)(=O)Nc2nc(C)cc(C)n2)cc1)C(F)(F)F. The van der Waals surface area contributed by atoms with Crippen molar-refractivity contribution in [2.45, 2.75) is 50.9 Å². The summed E-state index contributed by atoms with van der Waals surface area (Å²) in [5.41, 5.74) is -2.83. The lowest BCUT2D eigenvalue weighted by Gasteiger charge is -2.35. The number of halogens is 3. The molecule has 1 amide bonds. The van der Waals surface area contributed by atoms with Gasteiger partial charge in [0.25, 0.3) is 10.0 Å². The van der Waals surface area contributed by atoms with Gasteiger partial charge in [-0.25, -0.2) is 27.9 Å². The zero-order chi connectivity index (χ0) is 25.7. The van der Waals surface area contributed by atoms with E-state index in [1.807, 2.05) is 5.32 Å². The number of alkyl halides is 3. The van der Waals surface area contributed by atoms with E-state index in [2.05, 4.69) is 19.4 Å². The van der Waals surface area contributed by atoms with Gasteiger partial charge < -0.3 is 15.4 Å². The van der Waals surface area contributed by atoms with E-state index in [4.69, 9.17) is 0 Å². The highest BCUT2D eigenvalue weighted by Gasteiger charge is 2.63. The van der Waals surface area contributed by atoms with E-state index in [9.17, 15) is 31.2 Å². The van der Waals surface area contributed by atoms with Crippen LogP contribution in [0.3, 0.4) is 0 Å². The molecule has 2 rings (SSSR count). The number of anilines is 2. The first-order chi connectivity index (χ1) is 15.7. The molecule has 10 nitrogen and oxygen atoms in total. The molecule has 2 aromatic rings. The number of aromatic nitrogens is 2. The molecule has 1 heterocycles. The standard InChI is InChI=1S/C20H24F3N5O5S/c1-5-16(29)27-19(20(21,22)23,17(30)33-6-2)26-14-7-9-15(10-8-14)34(31,32)28-18-24-12(3)11-13(4)25-18/h7-11,26H,5-6H2,1-4H3,(H,27,29)(H,24,25,28)/t19-/m1/s1. The molecule has 0 spiro atoms. The average Bonchev–Trinajstić information content (AvgIpc) is 2.71. The molecule has 0 fully saturated rings. The molecule has 1 aromatic heterocycles.